The first-order valence-corrected chi connectivity index (χ1v) is 8.52. The third-order valence-electron chi connectivity index (χ3n) is 4.37. The zero-order valence-corrected chi connectivity index (χ0v) is 14.6. The molecule has 5 nitrogen and oxygen atoms in total. The number of para-hydroxylation sites is 1. The molecule has 1 aliphatic rings. The summed E-state index contributed by atoms with van der Waals surface area (Å²) in [5.41, 5.74) is -0.321. The number of hydrogen-bond donors (Lipinski definition) is 1. The molecule has 0 bridgehead atoms. The van der Waals surface area contributed by atoms with Gasteiger partial charge in [0.1, 0.15) is 17.9 Å². The first-order chi connectivity index (χ1) is 12.1. The molecule has 1 fully saturated rings. The second-order valence-corrected chi connectivity index (χ2v) is 6.25. The lowest BCUT2D eigenvalue weighted by atomic mass is 9.87. The second kappa shape index (κ2) is 7.15. The molecule has 2 aromatic rings. The van der Waals surface area contributed by atoms with Crippen LogP contribution in [0.4, 0.5) is 4.79 Å². The summed E-state index contributed by atoms with van der Waals surface area (Å²) in [6.07, 6.45) is 0.454. The zero-order valence-electron chi connectivity index (χ0n) is 13.9. The van der Waals surface area contributed by atoms with Crippen molar-refractivity contribution in [1.29, 1.82) is 0 Å². The van der Waals surface area contributed by atoms with E-state index in [0.29, 0.717) is 17.2 Å². The lowest BCUT2D eigenvalue weighted by Crippen LogP contribution is -2.43. The number of halogens is 1. The van der Waals surface area contributed by atoms with Gasteiger partial charge in [-0.2, -0.15) is 0 Å². The summed E-state index contributed by atoms with van der Waals surface area (Å²) < 4.78 is 5.60. The maximum absolute atomic E-state index is 13.0. The Morgan fingerprint density at radius 2 is 1.76 bits per heavy atom. The fraction of sp³-hybridized carbons (Fsp3) is 0.263. The molecule has 6 heteroatoms. The van der Waals surface area contributed by atoms with Crippen LogP contribution in [0.2, 0.25) is 5.02 Å². The van der Waals surface area contributed by atoms with E-state index >= 15 is 0 Å². The van der Waals surface area contributed by atoms with Crippen molar-refractivity contribution < 1.29 is 14.3 Å². The van der Waals surface area contributed by atoms with E-state index in [1.54, 1.807) is 24.3 Å². The first-order valence-electron chi connectivity index (χ1n) is 8.15. The van der Waals surface area contributed by atoms with Crippen molar-refractivity contribution >= 4 is 23.5 Å². The Morgan fingerprint density at radius 3 is 2.40 bits per heavy atom. The second-order valence-electron chi connectivity index (χ2n) is 5.81. The molecule has 3 amide bonds. The van der Waals surface area contributed by atoms with Crippen molar-refractivity contribution in [2.24, 2.45) is 0 Å². The molecule has 130 valence electrons. The molecule has 1 aliphatic heterocycles. The highest BCUT2D eigenvalue weighted by Gasteiger charge is 2.50. The van der Waals surface area contributed by atoms with Gasteiger partial charge in [0.2, 0.25) is 0 Å². The van der Waals surface area contributed by atoms with Gasteiger partial charge in [0, 0.05) is 5.02 Å². The molecule has 2 aromatic carbocycles. The number of hydrogen-bond acceptors (Lipinski definition) is 3. The molecule has 25 heavy (non-hydrogen) atoms. The average Bonchev–Trinajstić information content (AvgIpc) is 2.88. The van der Waals surface area contributed by atoms with Crippen LogP contribution in [-0.2, 0) is 10.3 Å². The Labute approximate surface area is 151 Å². The summed E-state index contributed by atoms with van der Waals surface area (Å²) in [6, 6.07) is 15.9. The highest BCUT2D eigenvalue weighted by atomic mass is 35.5. The van der Waals surface area contributed by atoms with E-state index in [4.69, 9.17) is 16.3 Å². The van der Waals surface area contributed by atoms with E-state index in [-0.39, 0.29) is 19.1 Å². The molecule has 0 aromatic heterocycles. The van der Waals surface area contributed by atoms with Gasteiger partial charge in [-0.05, 0) is 36.2 Å². The van der Waals surface area contributed by atoms with Crippen LogP contribution in [0.15, 0.2) is 54.6 Å². The zero-order chi connectivity index (χ0) is 17.9. The van der Waals surface area contributed by atoms with Gasteiger partial charge in [0.05, 0.1) is 6.54 Å². The molecular weight excluding hydrogens is 340 g/mol. The molecule has 1 atom stereocenters. The number of urea groups is 1. The van der Waals surface area contributed by atoms with Gasteiger partial charge in [-0.25, -0.2) is 4.79 Å². The molecule has 1 N–H and O–H groups in total. The van der Waals surface area contributed by atoms with Crippen LogP contribution >= 0.6 is 11.6 Å². The van der Waals surface area contributed by atoms with Crippen molar-refractivity contribution in [3.63, 3.8) is 0 Å². The quantitative estimate of drug-likeness (QED) is 0.803. The Kier molecular flexibility index (Phi) is 4.95. The molecule has 3 rings (SSSR count). The van der Waals surface area contributed by atoms with Crippen LogP contribution in [-0.4, -0.2) is 30.0 Å². The number of ether oxygens (including phenoxy) is 1. The maximum Gasteiger partial charge on any atom is 0.325 e. The molecule has 0 spiro atoms. The summed E-state index contributed by atoms with van der Waals surface area (Å²) in [6.45, 7) is 2.30. The Hall–Kier alpha value is -2.53. The summed E-state index contributed by atoms with van der Waals surface area (Å²) >= 11 is 5.93. The maximum atomic E-state index is 13.0. The SMILES string of the molecule is CCC1(c2ccc(Cl)cc2)NC(=O)N(CCOc2ccccc2)C1=O. The highest BCUT2D eigenvalue weighted by Crippen LogP contribution is 2.33. The molecular formula is C19H19ClN2O3. The van der Waals surface area contributed by atoms with Crippen LogP contribution in [0.1, 0.15) is 18.9 Å². The van der Waals surface area contributed by atoms with Crippen LogP contribution in [0.3, 0.4) is 0 Å². The van der Waals surface area contributed by atoms with E-state index in [1.165, 1.54) is 4.90 Å². The van der Waals surface area contributed by atoms with Crippen LogP contribution in [0.5, 0.6) is 5.75 Å². The average molecular weight is 359 g/mol. The van der Waals surface area contributed by atoms with Crippen LogP contribution in [0, 0.1) is 0 Å². The van der Waals surface area contributed by atoms with Crippen molar-refractivity contribution in [2.45, 2.75) is 18.9 Å². The van der Waals surface area contributed by atoms with Gasteiger partial charge in [0.25, 0.3) is 5.91 Å². The lowest BCUT2D eigenvalue weighted by molar-refractivity contribution is -0.132. The fourth-order valence-electron chi connectivity index (χ4n) is 2.97. The van der Waals surface area contributed by atoms with Crippen molar-refractivity contribution in [3.05, 3.63) is 65.2 Å². The molecule has 0 saturated carbocycles. The number of carbonyl (C=O) groups is 2. The topological polar surface area (TPSA) is 58.6 Å². The minimum Gasteiger partial charge on any atom is -0.492 e. The smallest absolute Gasteiger partial charge is 0.325 e. The molecule has 1 heterocycles. The van der Waals surface area contributed by atoms with E-state index in [1.807, 2.05) is 37.3 Å². The number of benzene rings is 2. The van der Waals surface area contributed by atoms with Crippen molar-refractivity contribution in [1.82, 2.24) is 10.2 Å². The molecule has 1 saturated heterocycles. The Bertz CT molecular complexity index is 764. The van der Waals surface area contributed by atoms with E-state index < -0.39 is 11.6 Å². The van der Waals surface area contributed by atoms with Crippen LogP contribution < -0.4 is 10.1 Å². The van der Waals surface area contributed by atoms with Gasteiger partial charge >= 0.3 is 6.03 Å². The standard InChI is InChI=1S/C19H19ClN2O3/c1-2-19(14-8-10-15(20)11-9-14)17(23)22(18(24)21-19)12-13-25-16-6-4-3-5-7-16/h3-11H,2,12-13H2,1H3,(H,21,24). The Balaban J connectivity index is 1.73. The Morgan fingerprint density at radius 1 is 1.08 bits per heavy atom. The predicted octanol–water partition coefficient (Wildman–Crippen LogP) is 3.58. The van der Waals surface area contributed by atoms with Gasteiger partial charge < -0.3 is 10.1 Å². The third kappa shape index (κ3) is 3.33. The minimum atomic E-state index is -1.05. The minimum absolute atomic E-state index is 0.189. The van der Waals surface area contributed by atoms with E-state index in [2.05, 4.69) is 5.32 Å². The summed E-state index contributed by atoms with van der Waals surface area (Å²) in [5.74, 6) is 0.438. The van der Waals surface area contributed by atoms with E-state index in [9.17, 15) is 9.59 Å². The molecule has 1 unspecified atom stereocenters. The number of nitrogens with one attached hydrogen (secondary N) is 1. The van der Waals surface area contributed by atoms with Gasteiger partial charge in [-0.3, -0.25) is 9.69 Å². The van der Waals surface area contributed by atoms with Crippen LogP contribution in [0.25, 0.3) is 0 Å². The van der Waals surface area contributed by atoms with Crippen molar-refractivity contribution in [2.75, 3.05) is 13.2 Å². The van der Waals surface area contributed by atoms with Gasteiger partial charge in [0.15, 0.2) is 0 Å². The number of carbonyl (C=O) groups excluding carboxylic acids is 2. The monoisotopic (exact) mass is 358 g/mol. The lowest BCUT2D eigenvalue weighted by Gasteiger charge is -2.25. The highest BCUT2D eigenvalue weighted by molar-refractivity contribution is 6.30. The van der Waals surface area contributed by atoms with Gasteiger partial charge in [-0.1, -0.05) is 48.9 Å². The largest absolute Gasteiger partial charge is 0.492 e. The van der Waals surface area contributed by atoms with Gasteiger partial charge in [-0.15, -0.1) is 0 Å². The molecule has 0 aliphatic carbocycles. The number of rotatable bonds is 6. The number of amides is 3. The number of nitrogens with zero attached hydrogens (tertiary/aromatic N) is 1. The fourth-order valence-corrected chi connectivity index (χ4v) is 3.10. The predicted molar refractivity (Wildman–Crippen MR) is 95.6 cm³/mol. The van der Waals surface area contributed by atoms with Crippen molar-refractivity contribution in [3.8, 4) is 5.75 Å². The van der Waals surface area contributed by atoms with E-state index in [0.717, 1.165) is 5.56 Å². The summed E-state index contributed by atoms with van der Waals surface area (Å²) in [4.78, 5) is 26.5. The summed E-state index contributed by atoms with van der Waals surface area (Å²) in [7, 11) is 0. The normalized spacial score (nSPS) is 19.8. The third-order valence-corrected chi connectivity index (χ3v) is 4.62. The molecule has 0 radical (unpaired) electrons. The number of imide groups is 1. The first kappa shape index (κ1) is 17.3. The summed E-state index contributed by atoms with van der Waals surface area (Å²) in [5, 5.41) is 3.42.